The van der Waals surface area contributed by atoms with Gasteiger partial charge >= 0.3 is 59.1 Å². The second kappa shape index (κ2) is 11.2. The SMILES string of the molecule is CC(C)(CS(=O)(=O)O)N=C([O-])CCS(=O)S(=O)[O-].[Na+].[Na+]. The summed E-state index contributed by atoms with van der Waals surface area (Å²) in [5, 5.41) is 11.3. The Labute approximate surface area is 166 Å². The van der Waals surface area contributed by atoms with E-state index in [1.807, 2.05) is 0 Å². The molecule has 0 aliphatic carbocycles. The van der Waals surface area contributed by atoms with Gasteiger partial charge in [-0.25, -0.2) is 4.21 Å². The van der Waals surface area contributed by atoms with Crippen LogP contribution in [0.3, 0.4) is 0 Å². The first-order valence-corrected chi connectivity index (χ1v) is 9.14. The molecule has 0 rings (SSSR count). The Kier molecular flexibility index (Phi) is 14.9. The molecular formula is C7H13NNa2O7S3. The number of hydrogen-bond acceptors (Lipinski definition) is 7. The molecule has 0 saturated carbocycles. The van der Waals surface area contributed by atoms with Gasteiger partial charge in [0.05, 0.1) is 21.1 Å². The van der Waals surface area contributed by atoms with Crippen LogP contribution < -0.4 is 64.2 Å². The first-order chi connectivity index (χ1) is 7.93. The maximum absolute atomic E-state index is 11.3. The first-order valence-electron chi connectivity index (χ1n) is 4.62. The van der Waals surface area contributed by atoms with Crippen molar-refractivity contribution in [1.29, 1.82) is 0 Å². The zero-order valence-corrected chi connectivity index (χ0v) is 18.1. The van der Waals surface area contributed by atoms with Gasteiger partial charge in [0, 0.05) is 15.9 Å². The Balaban J connectivity index is -0.00000144. The van der Waals surface area contributed by atoms with Crippen molar-refractivity contribution < 1.29 is 90.2 Å². The predicted molar refractivity (Wildman–Crippen MR) is 64.5 cm³/mol. The van der Waals surface area contributed by atoms with Gasteiger partial charge in [-0.1, -0.05) is 0 Å². The van der Waals surface area contributed by atoms with Gasteiger partial charge in [0.15, 0.2) is 0 Å². The number of hydrogen-bond donors (Lipinski definition) is 1. The van der Waals surface area contributed by atoms with Crippen LogP contribution in [0.25, 0.3) is 0 Å². The second-order valence-corrected chi connectivity index (χ2v) is 8.81. The third kappa shape index (κ3) is 14.6. The molecule has 1 N–H and O–H groups in total. The quantitative estimate of drug-likeness (QED) is 0.118. The summed E-state index contributed by atoms with van der Waals surface area (Å²) >= 11 is 0. The molecule has 0 aromatic heterocycles. The summed E-state index contributed by atoms with van der Waals surface area (Å²) in [5.41, 5.74) is -1.33. The minimum absolute atomic E-state index is 0. The Bertz CT molecular complexity index is 477. The number of nitrogens with zero attached hydrogens (tertiary/aromatic N) is 1. The van der Waals surface area contributed by atoms with Gasteiger partial charge in [-0.3, -0.25) is 13.8 Å². The average Bonchev–Trinajstić information content (AvgIpc) is 2.08. The van der Waals surface area contributed by atoms with Gasteiger partial charge in [-0.15, -0.1) is 0 Å². The van der Waals surface area contributed by atoms with Crippen LogP contribution >= 0.6 is 0 Å². The fraction of sp³-hybridized carbons (Fsp3) is 0.857. The monoisotopic (exact) mass is 365 g/mol. The molecule has 0 amide bonds. The molecule has 20 heavy (non-hydrogen) atoms. The van der Waals surface area contributed by atoms with Crippen molar-refractivity contribution >= 4 is 36.0 Å². The van der Waals surface area contributed by atoms with Gasteiger partial charge < -0.3 is 9.66 Å². The Morgan fingerprint density at radius 3 is 2.10 bits per heavy atom. The van der Waals surface area contributed by atoms with Crippen LogP contribution in [0.1, 0.15) is 20.3 Å². The molecule has 108 valence electrons. The van der Waals surface area contributed by atoms with Crippen LogP contribution in [0.5, 0.6) is 0 Å². The van der Waals surface area contributed by atoms with E-state index in [4.69, 9.17) is 4.55 Å². The van der Waals surface area contributed by atoms with Crippen molar-refractivity contribution in [3.63, 3.8) is 0 Å². The molecular weight excluding hydrogens is 352 g/mol. The van der Waals surface area contributed by atoms with E-state index in [0.717, 1.165) is 0 Å². The topological polar surface area (TPSA) is 147 Å². The summed E-state index contributed by atoms with van der Waals surface area (Å²) in [5.74, 6) is -1.91. The fourth-order valence-corrected chi connectivity index (χ4v) is 3.20. The fourth-order valence-electron chi connectivity index (χ4n) is 1.11. The molecule has 2 atom stereocenters. The van der Waals surface area contributed by atoms with Crippen LogP contribution in [0.15, 0.2) is 4.99 Å². The standard InChI is InChI=1S/C7H15NO7S3.2Na/c1-7(2,5-18(13,14)15)8-6(9)3-4-16(10)17(11)12;;/h3-5H2,1-2H3,(H,8,9)(H,11,12)(H,13,14,15);;/q;2*+1/p-2. The minimum Gasteiger partial charge on any atom is -0.862 e. The van der Waals surface area contributed by atoms with E-state index < -0.39 is 53.0 Å². The molecule has 0 radical (unpaired) electrons. The Morgan fingerprint density at radius 2 is 1.75 bits per heavy atom. The zero-order valence-electron chi connectivity index (χ0n) is 11.7. The molecule has 0 fully saturated rings. The predicted octanol–water partition coefficient (Wildman–Crippen LogP) is -7.65. The summed E-state index contributed by atoms with van der Waals surface area (Å²) in [6.07, 6.45) is -0.379. The van der Waals surface area contributed by atoms with Crippen LogP contribution in [-0.4, -0.2) is 48.9 Å². The second-order valence-electron chi connectivity index (χ2n) is 4.01. The normalized spacial score (nSPS) is 15.7. The molecule has 0 aliphatic rings. The molecule has 0 bridgehead atoms. The van der Waals surface area contributed by atoms with Crippen molar-refractivity contribution in [1.82, 2.24) is 0 Å². The van der Waals surface area contributed by atoms with Crippen molar-refractivity contribution in [2.45, 2.75) is 25.8 Å². The molecule has 0 aromatic rings. The minimum atomic E-state index is -4.28. The van der Waals surface area contributed by atoms with Crippen LogP contribution in [0.2, 0.25) is 0 Å². The molecule has 13 heteroatoms. The van der Waals surface area contributed by atoms with Crippen molar-refractivity contribution in [2.75, 3.05) is 11.5 Å². The van der Waals surface area contributed by atoms with E-state index in [1.165, 1.54) is 13.8 Å². The van der Waals surface area contributed by atoms with Gasteiger partial charge in [0.2, 0.25) is 0 Å². The van der Waals surface area contributed by atoms with E-state index in [-0.39, 0.29) is 65.5 Å². The smallest absolute Gasteiger partial charge is 0.862 e. The zero-order chi connectivity index (χ0) is 14.6. The van der Waals surface area contributed by atoms with Crippen molar-refractivity contribution in [3.8, 4) is 0 Å². The van der Waals surface area contributed by atoms with Gasteiger partial charge in [0.1, 0.15) is 0 Å². The van der Waals surface area contributed by atoms with Crippen molar-refractivity contribution in [3.05, 3.63) is 0 Å². The Morgan fingerprint density at radius 1 is 1.30 bits per heavy atom. The molecule has 0 heterocycles. The van der Waals surface area contributed by atoms with Crippen LogP contribution in [0.4, 0.5) is 0 Å². The largest absolute Gasteiger partial charge is 1.00 e. The van der Waals surface area contributed by atoms with Gasteiger partial charge in [0.25, 0.3) is 10.1 Å². The Hall–Kier alpha value is 1.64. The van der Waals surface area contributed by atoms with Crippen LogP contribution in [-0.2, 0) is 30.1 Å². The van der Waals surface area contributed by atoms with Crippen LogP contribution in [0, 0.1) is 0 Å². The molecule has 0 spiro atoms. The number of rotatable bonds is 7. The van der Waals surface area contributed by atoms with E-state index >= 15 is 0 Å². The maximum atomic E-state index is 11.3. The van der Waals surface area contributed by atoms with Gasteiger partial charge in [-0.05, 0) is 26.2 Å². The third-order valence-electron chi connectivity index (χ3n) is 1.60. The molecule has 8 nitrogen and oxygen atoms in total. The first kappa shape index (κ1) is 26.5. The van der Waals surface area contributed by atoms with E-state index in [2.05, 4.69) is 4.99 Å². The third-order valence-corrected chi connectivity index (χ3v) is 4.92. The molecule has 0 aliphatic heterocycles. The van der Waals surface area contributed by atoms with Crippen molar-refractivity contribution in [2.24, 2.45) is 4.99 Å². The average molecular weight is 365 g/mol. The summed E-state index contributed by atoms with van der Waals surface area (Å²) in [6, 6.07) is 0. The molecule has 0 aromatic carbocycles. The molecule has 2 unspecified atom stereocenters. The van der Waals surface area contributed by atoms with E-state index in [1.54, 1.807) is 0 Å². The van der Waals surface area contributed by atoms with Gasteiger partial charge in [-0.2, -0.15) is 8.42 Å². The number of aliphatic imine (C=N–C) groups is 1. The molecule has 0 saturated heterocycles. The van der Waals surface area contributed by atoms with E-state index in [9.17, 15) is 26.5 Å². The maximum Gasteiger partial charge on any atom is 1.00 e. The summed E-state index contributed by atoms with van der Waals surface area (Å²) in [4.78, 5) is 3.51. The summed E-state index contributed by atoms with van der Waals surface area (Å²) in [6.45, 7) is 2.64. The summed E-state index contributed by atoms with van der Waals surface area (Å²) in [7, 11) is -9.22. The van der Waals surface area contributed by atoms with E-state index in [0.29, 0.717) is 0 Å². The summed E-state index contributed by atoms with van der Waals surface area (Å²) < 4.78 is 61.2.